The fraction of sp³-hybridized carbons (Fsp3) is 0.688. The first-order chi connectivity index (χ1) is 13.7. The van der Waals surface area contributed by atoms with Crippen LogP contribution in [-0.2, 0) is 41.6 Å². The van der Waals surface area contributed by atoms with Crippen molar-refractivity contribution in [3.63, 3.8) is 0 Å². The predicted molar refractivity (Wildman–Crippen MR) is 101 cm³/mol. The molecule has 0 unspecified atom stereocenters. The molecule has 1 heterocycles. The number of amides is 1. The zero-order chi connectivity index (χ0) is 23.1. The average molecular weight is 450 g/mol. The van der Waals surface area contributed by atoms with Gasteiger partial charge in [0.2, 0.25) is 0 Å². The van der Waals surface area contributed by atoms with E-state index in [1.807, 2.05) is 0 Å². The topological polar surface area (TPSA) is 187 Å². The van der Waals surface area contributed by atoms with Crippen molar-refractivity contribution in [1.82, 2.24) is 20.3 Å². The monoisotopic (exact) mass is 450 g/mol. The summed E-state index contributed by atoms with van der Waals surface area (Å²) in [5.41, 5.74) is -0.596. The van der Waals surface area contributed by atoms with Crippen molar-refractivity contribution in [2.24, 2.45) is 5.92 Å². The van der Waals surface area contributed by atoms with E-state index in [1.165, 1.54) is 10.9 Å². The molecular formula is C16H26N4O9S. The lowest BCUT2D eigenvalue weighted by Crippen LogP contribution is -2.45. The minimum Gasteiger partial charge on any atom is -0.481 e. The summed E-state index contributed by atoms with van der Waals surface area (Å²) in [5, 5.41) is 28.5. The van der Waals surface area contributed by atoms with E-state index in [2.05, 4.69) is 19.8 Å². The quantitative estimate of drug-likeness (QED) is 0.381. The molecule has 3 N–H and O–H groups in total. The highest BCUT2D eigenvalue weighted by molar-refractivity contribution is 7.85. The van der Waals surface area contributed by atoms with Crippen LogP contribution in [0.15, 0.2) is 6.20 Å². The predicted octanol–water partition coefficient (Wildman–Crippen LogP) is -0.134. The number of hydrogen-bond donors (Lipinski definition) is 3. The van der Waals surface area contributed by atoms with E-state index in [4.69, 9.17) is 4.74 Å². The van der Waals surface area contributed by atoms with Crippen molar-refractivity contribution in [2.45, 2.75) is 51.8 Å². The molecule has 14 heteroatoms. The van der Waals surface area contributed by atoms with Crippen LogP contribution in [0.2, 0.25) is 0 Å². The summed E-state index contributed by atoms with van der Waals surface area (Å²) in [6.07, 6.45) is 0.770. The van der Waals surface area contributed by atoms with Gasteiger partial charge in [0.1, 0.15) is 11.6 Å². The van der Waals surface area contributed by atoms with Gasteiger partial charge in [0.15, 0.2) is 0 Å². The summed E-state index contributed by atoms with van der Waals surface area (Å²) >= 11 is 0. The van der Waals surface area contributed by atoms with E-state index in [-0.39, 0.29) is 25.3 Å². The van der Waals surface area contributed by atoms with Gasteiger partial charge in [-0.25, -0.2) is 14.3 Å². The summed E-state index contributed by atoms with van der Waals surface area (Å²) in [5.74, 6) is -3.87. The van der Waals surface area contributed by atoms with Crippen LogP contribution in [0, 0.1) is 5.92 Å². The number of aromatic nitrogens is 3. The Kier molecular flexibility index (Phi) is 8.72. The van der Waals surface area contributed by atoms with Gasteiger partial charge in [-0.2, -0.15) is 8.42 Å². The highest BCUT2D eigenvalue weighted by Gasteiger charge is 2.30. The zero-order valence-electron chi connectivity index (χ0n) is 17.1. The Hall–Kier alpha value is -2.74. The number of carboxylic acids is 2. The van der Waals surface area contributed by atoms with Crippen molar-refractivity contribution < 1.29 is 41.9 Å². The number of hydrogen-bond acceptors (Lipinski definition) is 9. The second kappa shape index (κ2) is 10.3. The maximum absolute atomic E-state index is 11.8. The number of carboxylic acid groups (broad SMARTS) is 2. The number of carbonyl (C=O) groups is 3. The van der Waals surface area contributed by atoms with Crippen molar-refractivity contribution >= 4 is 28.1 Å². The molecule has 1 aromatic heterocycles. The van der Waals surface area contributed by atoms with Crippen LogP contribution in [0.1, 0.15) is 32.9 Å². The molecule has 1 rings (SSSR count). The normalized spacial score (nSPS) is 14.0. The van der Waals surface area contributed by atoms with Crippen LogP contribution in [0.25, 0.3) is 0 Å². The Bertz CT molecular complexity index is 860. The van der Waals surface area contributed by atoms with E-state index in [1.54, 1.807) is 20.8 Å². The summed E-state index contributed by atoms with van der Waals surface area (Å²) in [4.78, 5) is 34.9. The molecule has 2 atom stereocenters. The Morgan fingerprint density at radius 3 is 2.37 bits per heavy atom. The molecular weight excluding hydrogens is 424 g/mol. The second-order valence-corrected chi connectivity index (χ2v) is 9.16. The fourth-order valence-corrected chi connectivity index (χ4v) is 2.68. The number of nitrogens with one attached hydrogen (secondary N) is 1. The van der Waals surface area contributed by atoms with Crippen molar-refractivity contribution in [3.8, 4) is 0 Å². The zero-order valence-corrected chi connectivity index (χ0v) is 17.9. The molecule has 0 radical (unpaired) electrons. The van der Waals surface area contributed by atoms with Gasteiger partial charge >= 0.3 is 18.0 Å². The number of aliphatic carboxylic acids is 2. The standard InChI is InChI=1S/C16H26N4O9S/c1-16(2,3)29-15(25)17-12(14(23)24)8-10(13(21)22)7-11-9-20(19-18-11)5-6-28-30(4,26)27/h9-10,12H,5-8H2,1-4H3,(H,17,25)(H,21,22)(H,23,24)/t10-,12+/m0/s1. The maximum Gasteiger partial charge on any atom is 0.408 e. The highest BCUT2D eigenvalue weighted by Crippen LogP contribution is 2.15. The van der Waals surface area contributed by atoms with E-state index < -0.39 is 52.1 Å². The van der Waals surface area contributed by atoms with Crippen LogP contribution >= 0.6 is 0 Å². The first kappa shape index (κ1) is 25.3. The van der Waals surface area contributed by atoms with Crippen molar-refractivity contribution in [3.05, 3.63) is 11.9 Å². The van der Waals surface area contributed by atoms with Gasteiger partial charge in [0, 0.05) is 12.6 Å². The Morgan fingerprint density at radius 2 is 1.87 bits per heavy atom. The van der Waals surface area contributed by atoms with Crippen LogP contribution < -0.4 is 5.32 Å². The van der Waals surface area contributed by atoms with E-state index in [0.717, 1.165) is 6.26 Å². The fourth-order valence-electron chi connectivity index (χ4n) is 2.30. The second-order valence-electron chi connectivity index (χ2n) is 7.51. The Labute approximate surface area is 173 Å². The van der Waals surface area contributed by atoms with Crippen LogP contribution in [-0.4, -0.2) is 76.2 Å². The van der Waals surface area contributed by atoms with Gasteiger partial charge in [0.05, 0.1) is 31.0 Å². The average Bonchev–Trinajstić information content (AvgIpc) is 2.97. The molecule has 13 nitrogen and oxygen atoms in total. The smallest absolute Gasteiger partial charge is 0.408 e. The van der Waals surface area contributed by atoms with Crippen LogP contribution in [0.5, 0.6) is 0 Å². The van der Waals surface area contributed by atoms with Gasteiger partial charge in [0.25, 0.3) is 10.1 Å². The summed E-state index contributed by atoms with van der Waals surface area (Å²) in [6.45, 7) is 4.70. The molecule has 1 aromatic rings. The molecule has 170 valence electrons. The molecule has 0 saturated heterocycles. The lowest BCUT2D eigenvalue weighted by atomic mass is 9.95. The van der Waals surface area contributed by atoms with Gasteiger partial charge in [-0.1, -0.05) is 5.21 Å². The first-order valence-electron chi connectivity index (χ1n) is 8.85. The molecule has 1 amide bonds. The Morgan fingerprint density at radius 1 is 1.23 bits per heavy atom. The molecule has 0 aliphatic carbocycles. The van der Waals surface area contributed by atoms with Crippen LogP contribution in [0.4, 0.5) is 4.79 Å². The number of ether oxygens (including phenoxy) is 1. The van der Waals surface area contributed by atoms with Gasteiger partial charge < -0.3 is 20.3 Å². The lowest BCUT2D eigenvalue weighted by Gasteiger charge is -2.23. The number of nitrogens with zero attached hydrogens (tertiary/aromatic N) is 3. The third kappa shape index (κ3) is 10.2. The maximum atomic E-state index is 11.8. The van der Waals surface area contributed by atoms with E-state index in [9.17, 15) is 33.0 Å². The molecule has 0 spiro atoms. The minimum atomic E-state index is -3.60. The third-order valence-corrected chi connectivity index (χ3v) is 4.11. The SMILES string of the molecule is CC(C)(C)OC(=O)N[C@H](C[C@H](Cc1cn(CCOS(C)(=O)=O)nn1)C(=O)O)C(=O)O. The molecule has 0 fully saturated rings. The first-order valence-corrected chi connectivity index (χ1v) is 10.7. The highest BCUT2D eigenvalue weighted by atomic mass is 32.2. The van der Waals surface area contributed by atoms with Crippen LogP contribution in [0.3, 0.4) is 0 Å². The Balaban J connectivity index is 2.75. The van der Waals surface area contributed by atoms with Gasteiger partial charge in [-0.15, -0.1) is 5.10 Å². The van der Waals surface area contributed by atoms with E-state index >= 15 is 0 Å². The van der Waals surface area contributed by atoms with E-state index in [0.29, 0.717) is 0 Å². The molecule has 0 aliphatic heterocycles. The molecule has 0 bridgehead atoms. The third-order valence-electron chi connectivity index (χ3n) is 3.52. The molecule has 0 aliphatic rings. The van der Waals surface area contributed by atoms with Gasteiger partial charge in [-0.05, 0) is 27.2 Å². The lowest BCUT2D eigenvalue weighted by molar-refractivity contribution is -0.144. The number of rotatable bonds is 11. The molecule has 0 aromatic carbocycles. The number of alkyl carbamates (subject to hydrolysis) is 1. The largest absolute Gasteiger partial charge is 0.481 e. The summed E-state index contributed by atoms with van der Waals surface area (Å²) < 4.78 is 32.7. The van der Waals surface area contributed by atoms with Gasteiger partial charge in [-0.3, -0.25) is 8.98 Å². The van der Waals surface area contributed by atoms with Crippen molar-refractivity contribution in [2.75, 3.05) is 12.9 Å². The minimum absolute atomic E-state index is 0.0652. The van der Waals surface area contributed by atoms with Crippen molar-refractivity contribution in [1.29, 1.82) is 0 Å². The molecule has 30 heavy (non-hydrogen) atoms. The molecule has 0 saturated carbocycles. The summed E-state index contributed by atoms with van der Waals surface area (Å²) in [6, 6.07) is -1.49. The number of carbonyl (C=O) groups excluding carboxylic acids is 1. The summed E-state index contributed by atoms with van der Waals surface area (Å²) in [7, 11) is -3.60.